The summed E-state index contributed by atoms with van der Waals surface area (Å²) in [6, 6.07) is 15.3. The number of hydrogen-bond acceptors (Lipinski definition) is 4. The lowest BCUT2D eigenvalue weighted by molar-refractivity contribution is 0.101. The standard InChI is InChI=1S/C18H19N3O/c1-14(22)15-4-6-16(7-5-15)19-20-17-8-10-18(11-9-17)21-12-2-3-13-21/h4-11H,2-3,12-13H2,1H3. The number of azo groups is 1. The van der Waals surface area contributed by atoms with Gasteiger partial charge < -0.3 is 4.90 Å². The monoisotopic (exact) mass is 293 g/mol. The topological polar surface area (TPSA) is 45.0 Å². The molecule has 22 heavy (non-hydrogen) atoms. The Kier molecular flexibility index (Phi) is 4.28. The summed E-state index contributed by atoms with van der Waals surface area (Å²) in [4.78, 5) is 13.6. The number of carbonyl (C=O) groups excluding carboxylic acids is 1. The zero-order valence-electron chi connectivity index (χ0n) is 12.7. The molecule has 112 valence electrons. The van der Waals surface area contributed by atoms with Crippen molar-refractivity contribution in [1.29, 1.82) is 0 Å². The van der Waals surface area contributed by atoms with Gasteiger partial charge in [-0.15, -0.1) is 0 Å². The van der Waals surface area contributed by atoms with Gasteiger partial charge >= 0.3 is 0 Å². The minimum Gasteiger partial charge on any atom is -0.372 e. The summed E-state index contributed by atoms with van der Waals surface area (Å²) < 4.78 is 0. The summed E-state index contributed by atoms with van der Waals surface area (Å²) in [5.74, 6) is 0.0565. The Morgan fingerprint density at radius 3 is 1.86 bits per heavy atom. The van der Waals surface area contributed by atoms with Crippen molar-refractivity contribution in [3.05, 3.63) is 54.1 Å². The third-order valence-corrected chi connectivity index (χ3v) is 3.88. The minimum atomic E-state index is 0.0565. The Labute approximate surface area is 130 Å². The maximum absolute atomic E-state index is 11.2. The summed E-state index contributed by atoms with van der Waals surface area (Å²) in [5.41, 5.74) is 3.52. The van der Waals surface area contributed by atoms with Gasteiger partial charge in [-0.1, -0.05) is 0 Å². The molecule has 0 bridgehead atoms. The highest BCUT2D eigenvalue weighted by atomic mass is 16.1. The van der Waals surface area contributed by atoms with Crippen LogP contribution in [0.4, 0.5) is 17.1 Å². The van der Waals surface area contributed by atoms with Crippen LogP contribution in [-0.4, -0.2) is 18.9 Å². The molecule has 0 saturated carbocycles. The number of anilines is 1. The third kappa shape index (κ3) is 3.39. The summed E-state index contributed by atoms with van der Waals surface area (Å²) in [5, 5.41) is 8.44. The van der Waals surface area contributed by atoms with E-state index in [9.17, 15) is 4.79 Å². The molecule has 1 fully saturated rings. The summed E-state index contributed by atoms with van der Waals surface area (Å²) in [7, 11) is 0. The van der Waals surface area contributed by atoms with E-state index in [1.807, 2.05) is 12.1 Å². The number of hydrogen-bond donors (Lipinski definition) is 0. The average molecular weight is 293 g/mol. The van der Waals surface area contributed by atoms with Gasteiger partial charge in [0.2, 0.25) is 0 Å². The average Bonchev–Trinajstić information content (AvgIpc) is 3.08. The number of carbonyl (C=O) groups is 1. The van der Waals surface area contributed by atoms with Crippen molar-refractivity contribution in [2.75, 3.05) is 18.0 Å². The molecule has 2 aromatic rings. The van der Waals surface area contributed by atoms with E-state index in [1.54, 1.807) is 31.2 Å². The third-order valence-electron chi connectivity index (χ3n) is 3.88. The summed E-state index contributed by atoms with van der Waals surface area (Å²) >= 11 is 0. The number of Topliss-reactive ketones (excluding diaryl/α,β-unsaturated/α-hetero) is 1. The Bertz CT molecular complexity index is 668. The minimum absolute atomic E-state index is 0.0565. The van der Waals surface area contributed by atoms with E-state index in [0.717, 1.165) is 24.5 Å². The van der Waals surface area contributed by atoms with E-state index in [4.69, 9.17) is 0 Å². The first-order chi connectivity index (χ1) is 10.7. The van der Waals surface area contributed by atoms with Crippen molar-refractivity contribution in [2.45, 2.75) is 19.8 Å². The molecule has 0 N–H and O–H groups in total. The van der Waals surface area contributed by atoms with Crippen molar-refractivity contribution in [2.24, 2.45) is 10.2 Å². The van der Waals surface area contributed by atoms with Crippen LogP contribution in [0.3, 0.4) is 0 Å². The molecule has 0 aliphatic carbocycles. The van der Waals surface area contributed by atoms with Gasteiger partial charge in [-0.2, -0.15) is 10.2 Å². The van der Waals surface area contributed by atoms with Gasteiger partial charge in [-0.25, -0.2) is 0 Å². The van der Waals surface area contributed by atoms with Crippen molar-refractivity contribution >= 4 is 22.8 Å². The number of nitrogens with zero attached hydrogens (tertiary/aromatic N) is 3. The van der Waals surface area contributed by atoms with E-state index in [0.29, 0.717) is 5.56 Å². The maximum atomic E-state index is 11.2. The zero-order chi connectivity index (χ0) is 15.4. The predicted molar refractivity (Wildman–Crippen MR) is 88.5 cm³/mol. The van der Waals surface area contributed by atoms with Crippen LogP contribution in [0.15, 0.2) is 58.8 Å². The molecule has 1 saturated heterocycles. The van der Waals surface area contributed by atoms with Crippen molar-refractivity contribution in [3.8, 4) is 0 Å². The Morgan fingerprint density at radius 2 is 1.36 bits per heavy atom. The Morgan fingerprint density at radius 1 is 0.864 bits per heavy atom. The molecule has 0 unspecified atom stereocenters. The number of ketones is 1. The molecule has 2 aromatic carbocycles. The normalized spacial score (nSPS) is 14.7. The van der Waals surface area contributed by atoms with Gasteiger partial charge in [0, 0.05) is 24.3 Å². The van der Waals surface area contributed by atoms with Crippen LogP contribution in [0.2, 0.25) is 0 Å². The van der Waals surface area contributed by atoms with Crippen LogP contribution in [-0.2, 0) is 0 Å². The molecular formula is C18H19N3O. The van der Waals surface area contributed by atoms with Crippen LogP contribution >= 0.6 is 0 Å². The number of rotatable bonds is 4. The van der Waals surface area contributed by atoms with Gasteiger partial charge in [0.25, 0.3) is 0 Å². The van der Waals surface area contributed by atoms with E-state index >= 15 is 0 Å². The first kappa shape index (κ1) is 14.4. The summed E-state index contributed by atoms with van der Waals surface area (Å²) in [6.07, 6.45) is 2.55. The fourth-order valence-corrected chi connectivity index (χ4v) is 2.58. The molecule has 4 heteroatoms. The lowest BCUT2D eigenvalue weighted by atomic mass is 10.1. The van der Waals surface area contributed by atoms with Gasteiger partial charge in [0.1, 0.15) is 0 Å². The first-order valence-corrected chi connectivity index (χ1v) is 7.60. The van der Waals surface area contributed by atoms with Gasteiger partial charge in [-0.05, 0) is 68.3 Å². The smallest absolute Gasteiger partial charge is 0.159 e. The van der Waals surface area contributed by atoms with Crippen LogP contribution in [0.5, 0.6) is 0 Å². The Hall–Kier alpha value is -2.49. The Balaban J connectivity index is 1.68. The van der Waals surface area contributed by atoms with Crippen LogP contribution < -0.4 is 4.90 Å². The SMILES string of the molecule is CC(=O)c1ccc(N=Nc2ccc(N3CCCC3)cc2)cc1. The highest BCUT2D eigenvalue weighted by molar-refractivity contribution is 5.94. The second-order valence-corrected chi connectivity index (χ2v) is 5.51. The highest BCUT2D eigenvalue weighted by Gasteiger charge is 2.11. The van der Waals surface area contributed by atoms with E-state index < -0.39 is 0 Å². The quantitative estimate of drug-likeness (QED) is 0.594. The second-order valence-electron chi connectivity index (χ2n) is 5.51. The first-order valence-electron chi connectivity index (χ1n) is 7.60. The largest absolute Gasteiger partial charge is 0.372 e. The highest BCUT2D eigenvalue weighted by Crippen LogP contribution is 2.24. The lowest BCUT2D eigenvalue weighted by Crippen LogP contribution is -2.17. The molecule has 1 aliphatic heterocycles. The number of benzene rings is 2. The molecule has 4 nitrogen and oxygen atoms in total. The fraction of sp³-hybridized carbons (Fsp3) is 0.278. The van der Waals surface area contributed by atoms with E-state index in [1.165, 1.54) is 18.5 Å². The van der Waals surface area contributed by atoms with E-state index in [-0.39, 0.29) is 5.78 Å². The molecule has 0 amide bonds. The van der Waals surface area contributed by atoms with Gasteiger partial charge in [0.05, 0.1) is 11.4 Å². The zero-order valence-corrected chi connectivity index (χ0v) is 12.7. The maximum Gasteiger partial charge on any atom is 0.159 e. The van der Waals surface area contributed by atoms with Gasteiger partial charge in [-0.3, -0.25) is 4.79 Å². The predicted octanol–water partition coefficient (Wildman–Crippen LogP) is 4.90. The molecule has 0 aromatic heterocycles. The summed E-state index contributed by atoms with van der Waals surface area (Å²) in [6.45, 7) is 3.84. The van der Waals surface area contributed by atoms with Crippen molar-refractivity contribution in [3.63, 3.8) is 0 Å². The molecule has 1 heterocycles. The second kappa shape index (κ2) is 6.52. The van der Waals surface area contributed by atoms with Crippen molar-refractivity contribution < 1.29 is 4.79 Å². The molecular weight excluding hydrogens is 274 g/mol. The molecule has 1 aliphatic rings. The molecule has 0 spiro atoms. The molecule has 3 rings (SSSR count). The lowest BCUT2D eigenvalue weighted by Gasteiger charge is -2.17. The van der Waals surface area contributed by atoms with Crippen LogP contribution in [0.25, 0.3) is 0 Å². The molecule has 0 atom stereocenters. The molecule has 0 radical (unpaired) electrons. The fourth-order valence-electron chi connectivity index (χ4n) is 2.58. The van der Waals surface area contributed by atoms with Crippen LogP contribution in [0.1, 0.15) is 30.1 Å². The van der Waals surface area contributed by atoms with Crippen LogP contribution in [0, 0.1) is 0 Å². The van der Waals surface area contributed by atoms with Crippen molar-refractivity contribution in [1.82, 2.24) is 0 Å². The van der Waals surface area contributed by atoms with E-state index in [2.05, 4.69) is 27.3 Å². The van der Waals surface area contributed by atoms with Gasteiger partial charge in [0.15, 0.2) is 5.78 Å².